The van der Waals surface area contributed by atoms with Gasteiger partial charge in [0.1, 0.15) is 5.54 Å². The van der Waals surface area contributed by atoms with Gasteiger partial charge in [0.15, 0.2) is 0 Å². The maximum Gasteiger partial charge on any atom is 0.272 e. The Morgan fingerprint density at radius 2 is 1.69 bits per heavy atom. The van der Waals surface area contributed by atoms with Gasteiger partial charge in [-0.1, -0.05) is 32.0 Å². The van der Waals surface area contributed by atoms with Crippen molar-refractivity contribution in [3.05, 3.63) is 30.3 Å². The summed E-state index contributed by atoms with van der Waals surface area (Å²) in [7, 11) is 0. The van der Waals surface area contributed by atoms with Gasteiger partial charge in [0.05, 0.1) is 6.34 Å². The number of carbonyl (C=O) groups excluding carboxylic acids is 1. The lowest BCUT2D eigenvalue weighted by molar-refractivity contribution is -0.120. The van der Waals surface area contributed by atoms with Crippen molar-refractivity contribution >= 4 is 17.9 Å². The minimum Gasteiger partial charge on any atom is -0.318 e. The molecular weight excluding hydrogens is 200 g/mol. The van der Waals surface area contributed by atoms with Crippen molar-refractivity contribution in [1.82, 2.24) is 0 Å². The third-order valence-electron chi connectivity index (χ3n) is 2.45. The number of aliphatic imine (C=N–C) groups is 1. The monoisotopic (exact) mass is 218 g/mol. The fourth-order valence-corrected chi connectivity index (χ4v) is 1.49. The van der Waals surface area contributed by atoms with Gasteiger partial charge in [-0.2, -0.15) is 0 Å². The smallest absolute Gasteiger partial charge is 0.272 e. The molecule has 1 aliphatic rings. The molecule has 0 fully saturated rings. The number of nitrogens with zero attached hydrogens (tertiary/aromatic N) is 2. The van der Waals surface area contributed by atoms with Gasteiger partial charge in [0.2, 0.25) is 0 Å². The third kappa shape index (κ3) is 2.13. The maximum atomic E-state index is 11.4. The topological polar surface area (TPSA) is 32.7 Å². The SMILES string of the molecule is CC.CC1(C)C(=O)N=CN1c1ccccc1. The van der Waals surface area contributed by atoms with Crippen molar-refractivity contribution in [2.45, 2.75) is 33.2 Å². The molecule has 0 spiro atoms. The zero-order valence-electron chi connectivity index (χ0n) is 10.3. The average Bonchev–Trinajstić information content (AvgIpc) is 2.58. The molecule has 0 radical (unpaired) electrons. The van der Waals surface area contributed by atoms with Crippen LogP contribution in [-0.2, 0) is 4.79 Å². The van der Waals surface area contributed by atoms with Crippen LogP contribution in [0.4, 0.5) is 5.69 Å². The van der Waals surface area contributed by atoms with E-state index in [1.165, 1.54) is 0 Å². The highest BCUT2D eigenvalue weighted by molar-refractivity contribution is 6.07. The Labute approximate surface area is 96.8 Å². The van der Waals surface area contributed by atoms with E-state index in [9.17, 15) is 4.79 Å². The minimum absolute atomic E-state index is 0.0960. The molecule has 2 rings (SSSR count). The van der Waals surface area contributed by atoms with Crippen molar-refractivity contribution in [2.24, 2.45) is 4.99 Å². The van der Waals surface area contributed by atoms with Gasteiger partial charge in [-0.3, -0.25) is 4.79 Å². The highest BCUT2D eigenvalue weighted by atomic mass is 16.2. The van der Waals surface area contributed by atoms with Crippen molar-refractivity contribution in [2.75, 3.05) is 4.90 Å². The van der Waals surface area contributed by atoms with Crippen molar-refractivity contribution in [3.8, 4) is 0 Å². The van der Waals surface area contributed by atoms with E-state index >= 15 is 0 Å². The van der Waals surface area contributed by atoms with Gasteiger partial charge >= 0.3 is 0 Å². The quantitative estimate of drug-likeness (QED) is 0.726. The van der Waals surface area contributed by atoms with Crippen LogP contribution in [0.1, 0.15) is 27.7 Å². The van der Waals surface area contributed by atoms with Crippen LogP contribution in [0, 0.1) is 0 Å². The molecule has 0 saturated heterocycles. The highest BCUT2D eigenvalue weighted by Gasteiger charge is 2.38. The van der Waals surface area contributed by atoms with Crippen LogP contribution in [0.25, 0.3) is 0 Å². The first-order valence-electron chi connectivity index (χ1n) is 5.55. The molecule has 1 heterocycles. The minimum atomic E-state index is -0.554. The second-order valence-corrected chi connectivity index (χ2v) is 3.81. The van der Waals surface area contributed by atoms with E-state index in [4.69, 9.17) is 0 Å². The molecule has 0 unspecified atom stereocenters. The fourth-order valence-electron chi connectivity index (χ4n) is 1.49. The van der Waals surface area contributed by atoms with E-state index in [-0.39, 0.29) is 5.91 Å². The Kier molecular flexibility index (Phi) is 3.82. The third-order valence-corrected chi connectivity index (χ3v) is 2.45. The predicted octanol–water partition coefficient (Wildman–Crippen LogP) is 2.87. The molecule has 1 aromatic carbocycles. The van der Waals surface area contributed by atoms with E-state index < -0.39 is 5.54 Å². The van der Waals surface area contributed by atoms with Crippen LogP contribution in [0.2, 0.25) is 0 Å². The summed E-state index contributed by atoms with van der Waals surface area (Å²) in [5, 5.41) is 0. The van der Waals surface area contributed by atoms with Crippen molar-refractivity contribution < 1.29 is 4.79 Å². The number of para-hydroxylation sites is 1. The molecule has 0 N–H and O–H groups in total. The number of amides is 1. The summed E-state index contributed by atoms with van der Waals surface area (Å²) in [6.45, 7) is 7.74. The first kappa shape index (κ1) is 12.4. The predicted molar refractivity (Wildman–Crippen MR) is 67.8 cm³/mol. The highest BCUT2D eigenvalue weighted by Crippen LogP contribution is 2.26. The van der Waals surface area contributed by atoms with Crippen LogP contribution in [0.3, 0.4) is 0 Å². The second-order valence-electron chi connectivity index (χ2n) is 3.81. The number of hydrogen-bond acceptors (Lipinski definition) is 2. The normalized spacial score (nSPS) is 17.0. The van der Waals surface area contributed by atoms with Gasteiger partial charge < -0.3 is 4.90 Å². The lowest BCUT2D eigenvalue weighted by Crippen LogP contribution is -2.43. The summed E-state index contributed by atoms with van der Waals surface area (Å²) < 4.78 is 0. The van der Waals surface area contributed by atoms with E-state index in [1.54, 1.807) is 6.34 Å². The average molecular weight is 218 g/mol. The van der Waals surface area contributed by atoms with E-state index in [0.717, 1.165) is 5.69 Å². The van der Waals surface area contributed by atoms with E-state index in [1.807, 2.05) is 62.9 Å². The number of hydrogen-bond donors (Lipinski definition) is 0. The summed E-state index contributed by atoms with van der Waals surface area (Å²) in [6.07, 6.45) is 1.59. The molecule has 0 atom stereocenters. The van der Waals surface area contributed by atoms with Gasteiger partial charge in [-0.05, 0) is 26.0 Å². The Morgan fingerprint density at radius 1 is 1.12 bits per heavy atom. The molecule has 16 heavy (non-hydrogen) atoms. The van der Waals surface area contributed by atoms with Crippen molar-refractivity contribution in [1.29, 1.82) is 0 Å². The molecule has 3 nitrogen and oxygen atoms in total. The Hall–Kier alpha value is -1.64. The summed E-state index contributed by atoms with van der Waals surface area (Å²) in [4.78, 5) is 17.1. The standard InChI is InChI=1S/C11H12N2O.C2H6/c1-11(2)10(14)12-8-13(11)9-6-4-3-5-7-9;1-2/h3-8H,1-2H3;1-2H3. The molecule has 1 aliphatic heterocycles. The summed E-state index contributed by atoms with van der Waals surface area (Å²) in [6, 6.07) is 9.77. The first-order valence-corrected chi connectivity index (χ1v) is 5.55. The molecule has 1 aromatic rings. The van der Waals surface area contributed by atoms with Crippen LogP contribution >= 0.6 is 0 Å². The lowest BCUT2D eigenvalue weighted by Gasteiger charge is -2.29. The van der Waals surface area contributed by atoms with Crippen molar-refractivity contribution in [3.63, 3.8) is 0 Å². The first-order chi connectivity index (χ1) is 7.62. The van der Waals surface area contributed by atoms with Crippen LogP contribution in [0.5, 0.6) is 0 Å². The molecule has 0 aliphatic carbocycles. The second kappa shape index (κ2) is 4.92. The Morgan fingerprint density at radius 3 is 2.12 bits per heavy atom. The van der Waals surface area contributed by atoms with Gasteiger partial charge in [-0.15, -0.1) is 0 Å². The summed E-state index contributed by atoms with van der Waals surface area (Å²) >= 11 is 0. The number of rotatable bonds is 1. The molecular formula is C13H18N2O. The summed E-state index contributed by atoms with van der Waals surface area (Å²) in [5.41, 5.74) is 0.438. The largest absolute Gasteiger partial charge is 0.318 e. The van der Waals surface area contributed by atoms with E-state index in [2.05, 4.69) is 4.99 Å². The molecule has 86 valence electrons. The van der Waals surface area contributed by atoms with Crippen LogP contribution in [0.15, 0.2) is 35.3 Å². The Bertz CT molecular complexity index is 382. The summed E-state index contributed by atoms with van der Waals surface area (Å²) in [5.74, 6) is -0.0960. The Balaban J connectivity index is 0.000000606. The lowest BCUT2D eigenvalue weighted by atomic mass is 10.0. The zero-order chi connectivity index (χ0) is 12.2. The number of benzene rings is 1. The van der Waals surface area contributed by atoms with Crippen LogP contribution < -0.4 is 4.90 Å². The fraction of sp³-hybridized carbons (Fsp3) is 0.385. The molecule has 0 bridgehead atoms. The van der Waals surface area contributed by atoms with E-state index in [0.29, 0.717) is 0 Å². The number of anilines is 1. The van der Waals surface area contributed by atoms with Crippen LogP contribution in [-0.4, -0.2) is 17.8 Å². The molecule has 0 saturated carbocycles. The molecule has 1 amide bonds. The zero-order valence-corrected chi connectivity index (χ0v) is 10.3. The van der Waals surface area contributed by atoms with Gasteiger partial charge in [-0.25, -0.2) is 4.99 Å². The number of carbonyl (C=O) groups is 1. The molecule has 3 heteroatoms. The van der Waals surface area contributed by atoms with Gasteiger partial charge in [0, 0.05) is 5.69 Å². The maximum absolute atomic E-state index is 11.4. The van der Waals surface area contributed by atoms with Gasteiger partial charge in [0.25, 0.3) is 5.91 Å². The molecule has 0 aromatic heterocycles.